The summed E-state index contributed by atoms with van der Waals surface area (Å²) in [6.45, 7) is 8.53. The van der Waals surface area contributed by atoms with Gasteiger partial charge in [0, 0.05) is 19.2 Å². The smallest absolute Gasteiger partial charge is 0.408 e. The lowest BCUT2D eigenvalue weighted by molar-refractivity contribution is -0.389. The Kier molecular flexibility index (Phi) is 8.33. The zero-order chi connectivity index (χ0) is 25.6. The number of nitrogens with one attached hydrogen (secondary N) is 2. The Morgan fingerprint density at radius 2 is 1.79 bits per heavy atom. The number of rotatable bonds is 8. The molecule has 12 nitrogen and oxygen atoms in total. The van der Waals surface area contributed by atoms with E-state index < -0.39 is 40.4 Å². The van der Waals surface area contributed by atoms with Crippen LogP contribution >= 0.6 is 0 Å². The fraction of sp³-hybridized carbons (Fsp3) is 0.455. The van der Waals surface area contributed by atoms with Gasteiger partial charge in [0.05, 0.1) is 6.10 Å². The second-order valence-corrected chi connectivity index (χ2v) is 8.82. The van der Waals surface area contributed by atoms with Crippen molar-refractivity contribution in [3.8, 4) is 0 Å². The lowest BCUT2D eigenvalue weighted by atomic mass is 10.1. The third-order valence-corrected chi connectivity index (χ3v) is 4.28. The number of imidazole rings is 1. The van der Waals surface area contributed by atoms with E-state index in [0.717, 1.165) is 0 Å². The largest absolute Gasteiger partial charge is 0.461 e. The molecule has 0 aliphatic carbocycles. The predicted octanol–water partition coefficient (Wildman–Crippen LogP) is 2.97. The van der Waals surface area contributed by atoms with E-state index >= 15 is 0 Å². The van der Waals surface area contributed by atoms with E-state index in [1.807, 2.05) is 0 Å². The summed E-state index contributed by atoms with van der Waals surface area (Å²) in [5.74, 6) is -1.84. The number of ether oxygens (including phenoxy) is 2. The van der Waals surface area contributed by atoms with E-state index in [0.29, 0.717) is 11.3 Å². The molecular weight excluding hydrogens is 446 g/mol. The Hall–Kier alpha value is -3.96. The normalized spacial score (nSPS) is 12.1. The summed E-state index contributed by atoms with van der Waals surface area (Å²) < 4.78 is 11.7. The third kappa shape index (κ3) is 7.57. The number of aromatic nitrogens is 2. The van der Waals surface area contributed by atoms with Gasteiger partial charge in [0.15, 0.2) is 0 Å². The zero-order valence-corrected chi connectivity index (χ0v) is 19.9. The van der Waals surface area contributed by atoms with Gasteiger partial charge in [-0.15, -0.1) is 0 Å². The summed E-state index contributed by atoms with van der Waals surface area (Å²) in [6.07, 6.45) is 0.181. The standard InChI is InChI=1S/C22H29N5O7/c1-13(2)33-20(29)16(25-21(30)34-22(3,4)5)11-14-7-9-15(10-8-14)24-19(28)17-18(27(31)32)23-12-26(17)6/h7-10,12-13,16H,11H2,1-6H3,(H,24,28)(H,25,30)/t16-/m0/s1. The van der Waals surface area contributed by atoms with Crippen molar-refractivity contribution >= 4 is 29.5 Å². The Balaban J connectivity index is 2.13. The van der Waals surface area contributed by atoms with Crippen molar-refractivity contribution in [3.05, 3.63) is 52.0 Å². The lowest BCUT2D eigenvalue weighted by Gasteiger charge is -2.23. The number of aryl methyl sites for hydroxylation is 1. The maximum absolute atomic E-state index is 12.5. The Bertz CT molecular complexity index is 1050. The summed E-state index contributed by atoms with van der Waals surface area (Å²) >= 11 is 0. The SMILES string of the molecule is CC(C)OC(=O)[C@H](Cc1ccc(NC(=O)c2c([N+](=O)[O-])ncn2C)cc1)NC(=O)OC(C)(C)C. The van der Waals surface area contributed by atoms with Crippen molar-refractivity contribution in [3.63, 3.8) is 0 Å². The number of carbonyl (C=O) groups is 3. The van der Waals surface area contributed by atoms with Crippen LogP contribution in [-0.4, -0.2) is 50.2 Å². The van der Waals surface area contributed by atoms with Gasteiger partial charge in [-0.3, -0.25) is 4.79 Å². The van der Waals surface area contributed by atoms with Crippen molar-refractivity contribution in [2.45, 2.75) is 58.8 Å². The Morgan fingerprint density at radius 1 is 1.18 bits per heavy atom. The first-order chi connectivity index (χ1) is 15.8. The monoisotopic (exact) mass is 475 g/mol. The molecule has 1 aromatic heterocycles. The van der Waals surface area contributed by atoms with E-state index in [2.05, 4.69) is 15.6 Å². The van der Waals surface area contributed by atoms with Gasteiger partial charge < -0.3 is 34.8 Å². The number of nitrogens with zero attached hydrogens (tertiary/aromatic N) is 3. The average molecular weight is 476 g/mol. The number of benzene rings is 1. The van der Waals surface area contributed by atoms with Crippen LogP contribution in [0.25, 0.3) is 0 Å². The Morgan fingerprint density at radius 3 is 2.32 bits per heavy atom. The highest BCUT2D eigenvalue weighted by Crippen LogP contribution is 2.18. The van der Waals surface area contributed by atoms with Crippen LogP contribution in [0.15, 0.2) is 30.6 Å². The van der Waals surface area contributed by atoms with Crippen LogP contribution in [-0.2, 0) is 27.7 Å². The summed E-state index contributed by atoms with van der Waals surface area (Å²) in [6, 6.07) is 5.47. The number of esters is 1. The van der Waals surface area contributed by atoms with Crippen LogP contribution in [0.1, 0.15) is 50.7 Å². The van der Waals surface area contributed by atoms with Gasteiger partial charge in [-0.25, -0.2) is 9.59 Å². The summed E-state index contributed by atoms with van der Waals surface area (Å²) in [5, 5.41) is 16.2. The molecule has 0 spiro atoms. The summed E-state index contributed by atoms with van der Waals surface area (Å²) in [5.41, 5.74) is 0.128. The molecule has 2 amide bonds. The molecule has 0 bridgehead atoms. The molecule has 2 aromatic rings. The van der Waals surface area contributed by atoms with Gasteiger partial charge in [-0.05, 0) is 62.2 Å². The van der Waals surface area contributed by atoms with Crippen molar-refractivity contribution in [1.29, 1.82) is 0 Å². The number of amides is 2. The van der Waals surface area contributed by atoms with Crippen molar-refractivity contribution in [1.82, 2.24) is 14.9 Å². The van der Waals surface area contributed by atoms with E-state index in [1.165, 1.54) is 17.9 Å². The first kappa shape index (κ1) is 26.3. The highest BCUT2D eigenvalue weighted by atomic mass is 16.6. The van der Waals surface area contributed by atoms with Crippen LogP contribution < -0.4 is 10.6 Å². The number of hydrogen-bond donors (Lipinski definition) is 2. The molecule has 12 heteroatoms. The van der Waals surface area contributed by atoms with E-state index in [1.54, 1.807) is 58.9 Å². The van der Waals surface area contributed by atoms with Crippen LogP contribution in [0.5, 0.6) is 0 Å². The average Bonchev–Trinajstić information content (AvgIpc) is 3.09. The van der Waals surface area contributed by atoms with Gasteiger partial charge in [0.25, 0.3) is 5.91 Å². The molecule has 0 unspecified atom stereocenters. The van der Waals surface area contributed by atoms with Gasteiger partial charge in [0.2, 0.25) is 12.0 Å². The summed E-state index contributed by atoms with van der Waals surface area (Å²) in [7, 11) is 1.48. The minimum Gasteiger partial charge on any atom is -0.461 e. The number of hydrogen-bond acceptors (Lipinski definition) is 8. The molecule has 1 heterocycles. The fourth-order valence-corrected chi connectivity index (χ4v) is 2.92. The quantitative estimate of drug-likeness (QED) is 0.335. The molecule has 2 N–H and O–H groups in total. The van der Waals surface area contributed by atoms with Crippen molar-refractivity contribution in [2.24, 2.45) is 7.05 Å². The predicted molar refractivity (Wildman–Crippen MR) is 122 cm³/mol. The molecule has 184 valence electrons. The van der Waals surface area contributed by atoms with Crippen LogP contribution in [0.3, 0.4) is 0 Å². The number of anilines is 1. The molecule has 1 aromatic carbocycles. The minimum absolute atomic E-state index is 0.117. The maximum atomic E-state index is 12.5. The minimum atomic E-state index is -0.991. The number of alkyl carbamates (subject to hydrolysis) is 1. The molecule has 1 atom stereocenters. The fourth-order valence-electron chi connectivity index (χ4n) is 2.92. The molecule has 2 rings (SSSR count). The summed E-state index contributed by atoms with van der Waals surface area (Å²) in [4.78, 5) is 51.2. The molecule has 0 fully saturated rings. The number of nitro groups is 1. The maximum Gasteiger partial charge on any atom is 0.408 e. The van der Waals surface area contributed by atoms with E-state index in [9.17, 15) is 24.5 Å². The molecule has 0 aliphatic heterocycles. The first-order valence-electron chi connectivity index (χ1n) is 10.5. The molecule has 34 heavy (non-hydrogen) atoms. The van der Waals surface area contributed by atoms with Crippen molar-refractivity contribution < 1.29 is 28.8 Å². The Labute approximate surface area is 196 Å². The lowest BCUT2D eigenvalue weighted by Crippen LogP contribution is -2.46. The topological polar surface area (TPSA) is 155 Å². The van der Waals surface area contributed by atoms with Crippen LogP contribution in [0.4, 0.5) is 16.3 Å². The highest BCUT2D eigenvalue weighted by molar-refractivity contribution is 6.05. The molecule has 0 saturated carbocycles. The first-order valence-corrected chi connectivity index (χ1v) is 10.5. The zero-order valence-electron chi connectivity index (χ0n) is 19.9. The van der Waals surface area contributed by atoms with Gasteiger partial charge in [-0.1, -0.05) is 12.1 Å². The highest BCUT2D eigenvalue weighted by Gasteiger charge is 2.28. The van der Waals surface area contributed by atoms with E-state index in [4.69, 9.17) is 9.47 Å². The van der Waals surface area contributed by atoms with Gasteiger partial charge in [0.1, 0.15) is 11.6 Å². The second-order valence-electron chi connectivity index (χ2n) is 8.82. The number of carbonyl (C=O) groups excluding carboxylic acids is 3. The molecule has 0 aliphatic rings. The van der Waals surface area contributed by atoms with Crippen LogP contribution in [0, 0.1) is 10.1 Å². The van der Waals surface area contributed by atoms with Crippen LogP contribution in [0.2, 0.25) is 0 Å². The third-order valence-electron chi connectivity index (χ3n) is 4.28. The molecule has 0 radical (unpaired) electrons. The molecular formula is C22H29N5O7. The molecule has 0 saturated heterocycles. The van der Waals surface area contributed by atoms with Gasteiger partial charge >= 0.3 is 17.9 Å². The van der Waals surface area contributed by atoms with E-state index in [-0.39, 0.29) is 18.2 Å². The second kappa shape index (κ2) is 10.8. The van der Waals surface area contributed by atoms with Crippen molar-refractivity contribution in [2.75, 3.05) is 5.32 Å². The van der Waals surface area contributed by atoms with Gasteiger partial charge in [-0.2, -0.15) is 0 Å².